The maximum absolute atomic E-state index is 6.02. The van der Waals surface area contributed by atoms with Crippen molar-refractivity contribution in [3.63, 3.8) is 0 Å². The second kappa shape index (κ2) is 23.7. The molecule has 0 saturated carbocycles. The molecule has 2 nitrogen and oxygen atoms in total. The molecular weight excluding hydrogens is 432 g/mol. The van der Waals surface area contributed by atoms with Crippen LogP contribution in [0.15, 0.2) is 24.3 Å². The Morgan fingerprint density at radius 2 is 0.688 bits per heavy atom. The van der Waals surface area contributed by atoms with E-state index in [4.69, 9.17) is 9.47 Å². The Bertz CT molecular complexity index is 465. The van der Waals surface area contributed by atoms with Crippen molar-refractivity contribution in [2.75, 3.05) is 24.7 Å². The van der Waals surface area contributed by atoms with Crippen LogP contribution in [-0.2, 0) is 0 Å². The summed E-state index contributed by atoms with van der Waals surface area (Å²) in [6.07, 6.45) is 23.6. The summed E-state index contributed by atoms with van der Waals surface area (Å²) in [5.74, 6) is 3.87. The van der Waals surface area contributed by atoms with Gasteiger partial charge in [-0.25, -0.2) is 0 Å². The predicted octanol–water partition coefficient (Wildman–Crippen LogP) is 9.33. The van der Waals surface area contributed by atoms with Crippen LogP contribution in [0, 0.1) is 0 Å². The fourth-order valence-corrected chi connectivity index (χ4v) is 4.40. The molecule has 4 heteroatoms. The second-order valence-electron chi connectivity index (χ2n) is 8.95. The highest BCUT2D eigenvalue weighted by molar-refractivity contribution is 7.80. The van der Waals surface area contributed by atoms with E-state index in [1.807, 2.05) is 24.3 Å². The second-order valence-corrected chi connectivity index (χ2v) is 9.85. The molecule has 0 spiro atoms. The number of ether oxygens (including phenoxy) is 2. The number of thiol groups is 2. The van der Waals surface area contributed by atoms with E-state index in [2.05, 4.69) is 25.3 Å². The predicted molar refractivity (Wildman–Crippen MR) is 148 cm³/mol. The molecule has 1 aromatic rings. The van der Waals surface area contributed by atoms with Crippen molar-refractivity contribution in [3.8, 4) is 11.5 Å². The Kier molecular flexibility index (Phi) is 21.9. The standard InChI is InChI=1S/C28H50O2S2/c31-25-19-13-9-5-1-3-7-11-17-23-29-27-21-15-16-22-28(27)30-24-18-12-8-4-2-6-10-14-20-26-32/h15-16,21-22,31-32H,1-14,17-20,23-26H2. The minimum atomic E-state index is 0.788. The van der Waals surface area contributed by atoms with Gasteiger partial charge in [-0.05, 0) is 49.3 Å². The molecule has 0 aromatic heterocycles. The number of hydrogen-bond donors (Lipinski definition) is 2. The van der Waals surface area contributed by atoms with Crippen LogP contribution in [0.1, 0.15) is 116 Å². The van der Waals surface area contributed by atoms with Crippen LogP contribution in [0.25, 0.3) is 0 Å². The summed E-state index contributed by atoms with van der Waals surface area (Å²) in [7, 11) is 0. The Balaban J connectivity index is 1.99. The van der Waals surface area contributed by atoms with Crippen molar-refractivity contribution in [2.24, 2.45) is 0 Å². The fourth-order valence-electron chi connectivity index (χ4n) is 3.96. The van der Waals surface area contributed by atoms with E-state index in [0.29, 0.717) is 0 Å². The van der Waals surface area contributed by atoms with Gasteiger partial charge in [-0.3, -0.25) is 0 Å². The molecule has 0 fully saturated rings. The molecule has 0 heterocycles. The number of para-hydroxylation sites is 2. The maximum Gasteiger partial charge on any atom is 0.161 e. The minimum Gasteiger partial charge on any atom is -0.490 e. The first kappa shape index (κ1) is 29.6. The van der Waals surface area contributed by atoms with Gasteiger partial charge in [0, 0.05) is 0 Å². The summed E-state index contributed by atoms with van der Waals surface area (Å²) in [5, 5.41) is 0. The summed E-state index contributed by atoms with van der Waals surface area (Å²) in [5.41, 5.74) is 0. The molecule has 32 heavy (non-hydrogen) atoms. The van der Waals surface area contributed by atoms with Crippen LogP contribution >= 0.6 is 25.3 Å². The Hall–Kier alpha value is -0.480. The number of hydrogen-bond acceptors (Lipinski definition) is 4. The topological polar surface area (TPSA) is 18.5 Å². The quantitative estimate of drug-likeness (QED) is 0.113. The molecule has 1 rings (SSSR count). The van der Waals surface area contributed by atoms with Gasteiger partial charge in [-0.1, -0.05) is 102 Å². The van der Waals surface area contributed by atoms with E-state index in [-0.39, 0.29) is 0 Å². The van der Waals surface area contributed by atoms with Crippen molar-refractivity contribution in [1.29, 1.82) is 0 Å². The average Bonchev–Trinajstić information content (AvgIpc) is 2.81. The zero-order valence-corrected chi connectivity index (χ0v) is 22.4. The van der Waals surface area contributed by atoms with Gasteiger partial charge in [0.1, 0.15) is 0 Å². The van der Waals surface area contributed by atoms with Crippen molar-refractivity contribution in [1.82, 2.24) is 0 Å². The van der Waals surface area contributed by atoms with E-state index >= 15 is 0 Å². The first-order valence-electron chi connectivity index (χ1n) is 13.4. The third-order valence-electron chi connectivity index (χ3n) is 5.97. The van der Waals surface area contributed by atoms with Crippen LogP contribution < -0.4 is 9.47 Å². The van der Waals surface area contributed by atoms with Gasteiger partial charge in [0.05, 0.1) is 13.2 Å². The van der Waals surface area contributed by atoms with Crippen LogP contribution in [0.2, 0.25) is 0 Å². The third-order valence-corrected chi connectivity index (χ3v) is 6.60. The molecule has 0 atom stereocenters. The van der Waals surface area contributed by atoms with Gasteiger partial charge in [0.2, 0.25) is 0 Å². The number of unbranched alkanes of at least 4 members (excludes halogenated alkanes) is 16. The normalized spacial score (nSPS) is 11.1. The van der Waals surface area contributed by atoms with Gasteiger partial charge in [-0.15, -0.1) is 0 Å². The van der Waals surface area contributed by atoms with Gasteiger partial charge >= 0.3 is 0 Å². The highest BCUT2D eigenvalue weighted by Crippen LogP contribution is 2.27. The van der Waals surface area contributed by atoms with Gasteiger partial charge in [0.15, 0.2) is 11.5 Å². The highest BCUT2D eigenvalue weighted by atomic mass is 32.1. The van der Waals surface area contributed by atoms with E-state index < -0.39 is 0 Å². The van der Waals surface area contributed by atoms with E-state index in [1.54, 1.807) is 0 Å². The zero-order valence-electron chi connectivity index (χ0n) is 20.6. The maximum atomic E-state index is 6.02. The van der Waals surface area contributed by atoms with Crippen LogP contribution in [0.5, 0.6) is 11.5 Å². The lowest BCUT2D eigenvalue weighted by Gasteiger charge is -2.12. The molecule has 0 amide bonds. The molecular formula is C28H50O2S2. The van der Waals surface area contributed by atoms with Crippen LogP contribution in [0.4, 0.5) is 0 Å². The highest BCUT2D eigenvalue weighted by Gasteiger charge is 2.04. The Labute approximate surface area is 210 Å². The number of benzene rings is 1. The molecule has 186 valence electrons. The van der Waals surface area contributed by atoms with Crippen LogP contribution in [0.3, 0.4) is 0 Å². The zero-order chi connectivity index (χ0) is 23.0. The first-order valence-corrected chi connectivity index (χ1v) is 14.7. The SMILES string of the molecule is SCCCCCCCCCCCOc1ccccc1OCCCCCCCCCCCS. The van der Waals surface area contributed by atoms with Crippen molar-refractivity contribution < 1.29 is 9.47 Å². The first-order chi connectivity index (χ1) is 15.9. The summed E-state index contributed by atoms with van der Waals surface area (Å²) in [6, 6.07) is 8.14. The van der Waals surface area contributed by atoms with E-state index in [1.165, 1.54) is 103 Å². The summed E-state index contributed by atoms with van der Waals surface area (Å²) < 4.78 is 12.0. The fraction of sp³-hybridized carbons (Fsp3) is 0.786. The van der Waals surface area contributed by atoms with Crippen LogP contribution in [-0.4, -0.2) is 24.7 Å². The molecule has 0 radical (unpaired) electrons. The number of rotatable bonds is 24. The molecule has 0 saturated heterocycles. The molecule has 0 aliphatic carbocycles. The van der Waals surface area contributed by atoms with E-state index in [9.17, 15) is 0 Å². The lowest BCUT2D eigenvalue weighted by atomic mass is 10.1. The summed E-state index contributed by atoms with van der Waals surface area (Å²) >= 11 is 8.54. The van der Waals surface area contributed by atoms with Crippen molar-refractivity contribution in [3.05, 3.63) is 24.3 Å². The van der Waals surface area contributed by atoms with Crippen molar-refractivity contribution in [2.45, 2.75) is 116 Å². The molecule has 0 N–H and O–H groups in total. The minimum absolute atomic E-state index is 0.788. The third kappa shape index (κ3) is 18.0. The van der Waals surface area contributed by atoms with E-state index in [0.717, 1.165) is 49.1 Å². The smallest absolute Gasteiger partial charge is 0.161 e. The largest absolute Gasteiger partial charge is 0.490 e. The summed E-state index contributed by atoms with van der Waals surface area (Å²) in [6.45, 7) is 1.58. The van der Waals surface area contributed by atoms with Gasteiger partial charge < -0.3 is 9.47 Å². The molecule has 0 aliphatic rings. The molecule has 0 unspecified atom stereocenters. The molecule has 1 aromatic carbocycles. The van der Waals surface area contributed by atoms with Crippen molar-refractivity contribution >= 4 is 25.3 Å². The monoisotopic (exact) mass is 482 g/mol. The molecule has 0 bridgehead atoms. The molecule has 0 aliphatic heterocycles. The lowest BCUT2D eigenvalue weighted by molar-refractivity contribution is 0.258. The summed E-state index contributed by atoms with van der Waals surface area (Å²) in [4.78, 5) is 0. The average molecular weight is 483 g/mol. The Morgan fingerprint density at radius 1 is 0.406 bits per heavy atom. The Morgan fingerprint density at radius 3 is 1.00 bits per heavy atom. The lowest BCUT2D eigenvalue weighted by Crippen LogP contribution is -2.02. The van der Waals surface area contributed by atoms with Gasteiger partial charge in [-0.2, -0.15) is 25.3 Å². The van der Waals surface area contributed by atoms with Gasteiger partial charge in [0.25, 0.3) is 0 Å².